The molecule has 5 nitrogen and oxygen atoms in total. The van der Waals surface area contributed by atoms with Gasteiger partial charge in [-0.15, -0.1) is 0 Å². The number of hydrogen-bond acceptors (Lipinski definition) is 3. The summed E-state index contributed by atoms with van der Waals surface area (Å²) in [5.41, 5.74) is 0.0582. The van der Waals surface area contributed by atoms with Gasteiger partial charge in [-0.1, -0.05) is 30.1 Å². The maximum atomic E-state index is 12.3. The lowest BCUT2D eigenvalue weighted by Gasteiger charge is -2.24. The van der Waals surface area contributed by atoms with Crippen LogP contribution in [0, 0.1) is 0 Å². The van der Waals surface area contributed by atoms with Crippen LogP contribution in [0.1, 0.15) is 30.6 Å². The van der Waals surface area contributed by atoms with Crippen LogP contribution < -0.4 is 5.14 Å². The highest BCUT2D eigenvalue weighted by Crippen LogP contribution is 2.29. The predicted molar refractivity (Wildman–Crippen MR) is 79.7 cm³/mol. The van der Waals surface area contributed by atoms with Gasteiger partial charge in [0.2, 0.25) is 10.0 Å². The van der Waals surface area contributed by atoms with E-state index in [1.165, 1.54) is 11.0 Å². The van der Waals surface area contributed by atoms with Crippen LogP contribution in [0.5, 0.6) is 0 Å². The Labute approximate surface area is 128 Å². The van der Waals surface area contributed by atoms with Crippen molar-refractivity contribution in [2.45, 2.75) is 31.2 Å². The highest BCUT2D eigenvalue weighted by molar-refractivity contribution is 7.89. The number of rotatable bonds is 4. The Morgan fingerprint density at radius 1 is 1.35 bits per heavy atom. The zero-order valence-electron chi connectivity index (χ0n) is 11.4. The summed E-state index contributed by atoms with van der Waals surface area (Å²) in [6.45, 7) is 3.82. The molecule has 1 aromatic rings. The Morgan fingerprint density at radius 2 is 1.90 bits per heavy atom. The average Bonchev–Trinajstić information content (AvgIpc) is 2.34. The molecule has 1 rings (SSSR count). The van der Waals surface area contributed by atoms with Crippen molar-refractivity contribution in [1.82, 2.24) is 4.90 Å². The van der Waals surface area contributed by atoms with Gasteiger partial charge < -0.3 is 4.90 Å². The first kappa shape index (κ1) is 17.2. The van der Waals surface area contributed by atoms with Crippen LogP contribution in [0.15, 0.2) is 17.0 Å². The minimum absolute atomic E-state index is 0.00724. The summed E-state index contributed by atoms with van der Waals surface area (Å²) in [5, 5.41) is 5.03. The minimum Gasteiger partial charge on any atom is -0.339 e. The first-order valence-corrected chi connectivity index (χ1v) is 8.18. The maximum Gasteiger partial charge on any atom is 0.255 e. The molecule has 1 atom stereocenters. The number of halogens is 2. The van der Waals surface area contributed by atoms with Crippen LogP contribution in [0.2, 0.25) is 10.0 Å². The number of primary sulfonamides is 1. The third kappa shape index (κ3) is 3.63. The van der Waals surface area contributed by atoms with Crippen LogP contribution >= 0.6 is 23.2 Å². The van der Waals surface area contributed by atoms with Crippen molar-refractivity contribution in [3.63, 3.8) is 0 Å². The molecule has 2 N–H and O–H groups in total. The first-order valence-electron chi connectivity index (χ1n) is 5.88. The molecule has 0 radical (unpaired) electrons. The fraction of sp³-hybridized carbons (Fsp3) is 0.417. The molecule has 0 saturated carbocycles. The number of carbonyl (C=O) groups excluding carboxylic acids is 1. The summed E-state index contributed by atoms with van der Waals surface area (Å²) < 4.78 is 22.9. The largest absolute Gasteiger partial charge is 0.339 e. The van der Waals surface area contributed by atoms with Crippen molar-refractivity contribution in [3.05, 3.63) is 27.7 Å². The lowest BCUT2D eigenvalue weighted by atomic mass is 10.1. The molecule has 0 aliphatic carbocycles. The number of hydrogen-bond donors (Lipinski definition) is 1. The van der Waals surface area contributed by atoms with Crippen molar-refractivity contribution >= 4 is 39.1 Å². The average molecular weight is 339 g/mol. The molecular formula is C12H16Cl2N2O3S. The summed E-state index contributed by atoms with van der Waals surface area (Å²) in [4.78, 5) is 13.5. The summed E-state index contributed by atoms with van der Waals surface area (Å²) >= 11 is 11.8. The topological polar surface area (TPSA) is 80.5 Å². The van der Waals surface area contributed by atoms with Gasteiger partial charge in [-0.25, -0.2) is 13.6 Å². The van der Waals surface area contributed by atoms with E-state index in [0.29, 0.717) is 0 Å². The Balaban J connectivity index is 3.36. The van der Waals surface area contributed by atoms with Crippen molar-refractivity contribution in [1.29, 1.82) is 0 Å². The van der Waals surface area contributed by atoms with Crippen LogP contribution in [0.25, 0.3) is 0 Å². The molecule has 0 bridgehead atoms. The molecule has 0 aliphatic rings. The number of sulfonamides is 1. The van der Waals surface area contributed by atoms with Gasteiger partial charge in [0.05, 0.1) is 15.6 Å². The van der Waals surface area contributed by atoms with Crippen LogP contribution in [-0.4, -0.2) is 32.3 Å². The number of benzene rings is 1. The number of nitrogens with two attached hydrogens (primary N) is 1. The molecule has 1 unspecified atom stereocenters. The Morgan fingerprint density at radius 3 is 2.35 bits per heavy atom. The summed E-state index contributed by atoms with van der Waals surface area (Å²) in [6.07, 6.45) is 0.759. The molecule has 0 aromatic heterocycles. The molecule has 1 amide bonds. The van der Waals surface area contributed by atoms with Gasteiger partial charge in [-0.05, 0) is 25.5 Å². The Kier molecular flexibility index (Phi) is 5.43. The molecule has 0 heterocycles. The predicted octanol–water partition coefficient (Wildman–Crippen LogP) is 2.51. The van der Waals surface area contributed by atoms with E-state index in [-0.39, 0.29) is 32.5 Å². The van der Waals surface area contributed by atoms with E-state index < -0.39 is 10.0 Å². The second-order valence-electron chi connectivity index (χ2n) is 4.48. The Bertz CT molecular complexity index is 632. The summed E-state index contributed by atoms with van der Waals surface area (Å²) in [6, 6.07) is 2.31. The van der Waals surface area contributed by atoms with E-state index in [1.807, 2.05) is 13.8 Å². The zero-order valence-corrected chi connectivity index (χ0v) is 13.7. The van der Waals surface area contributed by atoms with Gasteiger partial charge >= 0.3 is 0 Å². The van der Waals surface area contributed by atoms with Gasteiger partial charge in [0.15, 0.2) is 0 Å². The lowest BCUT2D eigenvalue weighted by Crippen LogP contribution is -2.34. The van der Waals surface area contributed by atoms with Crippen molar-refractivity contribution in [3.8, 4) is 0 Å². The maximum absolute atomic E-state index is 12.3. The highest BCUT2D eigenvalue weighted by Gasteiger charge is 2.23. The Hall–Kier alpha value is -0.820. The van der Waals surface area contributed by atoms with Crippen LogP contribution in [0.4, 0.5) is 0 Å². The van der Waals surface area contributed by atoms with Gasteiger partial charge in [-0.2, -0.15) is 0 Å². The molecule has 20 heavy (non-hydrogen) atoms. The van der Waals surface area contributed by atoms with E-state index in [2.05, 4.69) is 0 Å². The number of amides is 1. The fourth-order valence-electron chi connectivity index (χ4n) is 1.58. The third-order valence-electron chi connectivity index (χ3n) is 3.13. The second kappa shape index (κ2) is 6.30. The first-order chi connectivity index (χ1) is 9.09. The van der Waals surface area contributed by atoms with Crippen molar-refractivity contribution in [2.24, 2.45) is 5.14 Å². The quantitative estimate of drug-likeness (QED) is 0.915. The van der Waals surface area contributed by atoms with Gasteiger partial charge in [0.25, 0.3) is 5.91 Å². The SMILES string of the molecule is CCC(C)N(C)C(=O)c1cc(S(N)(=O)=O)c(Cl)cc1Cl. The molecule has 8 heteroatoms. The van der Waals surface area contributed by atoms with E-state index in [9.17, 15) is 13.2 Å². The highest BCUT2D eigenvalue weighted by atomic mass is 35.5. The van der Waals surface area contributed by atoms with E-state index >= 15 is 0 Å². The van der Waals surface area contributed by atoms with E-state index in [1.54, 1.807) is 7.05 Å². The fourth-order valence-corrected chi connectivity index (χ4v) is 2.97. The number of nitrogens with zero attached hydrogens (tertiary/aromatic N) is 1. The van der Waals surface area contributed by atoms with Gasteiger partial charge in [0, 0.05) is 13.1 Å². The molecule has 0 fully saturated rings. The second-order valence-corrected chi connectivity index (χ2v) is 6.83. The van der Waals surface area contributed by atoms with E-state index in [0.717, 1.165) is 12.5 Å². The summed E-state index contributed by atoms with van der Waals surface area (Å²) in [5.74, 6) is -0.383. The molecule has 0 spiro atoms. The number of carbonyl (C=O) groups is 1. The molecule has 0 saturated heterocycles. The summed E-state index contributed by atoms with van der Waals surface area (Å²) in [7, 11) is -2.40. The monoisotopic (exact) mass is 338 g/mol. The zero-order chi connectivity index (χ0) is 15.7. The normalized spacial score (nSPS) is 13.1. The standard InChI is InChI=1S/C12H16Cl2N2O3S/c1-4-7(2)16(3)12(17)8-5-11(20(15,18)19)10(14)6-9(8)13/h5-7H,4H2,1-3H3,(H2,15,18,19). The van der Waals surface area contributed by atoms with Crippen molar-refractivity contribution in [2.75, 3.05) is 7.05 Å². The molecule has 0 aliphatic heterocycles. The lowest BCUT2D eigenvalue weighted by molar-refractivity contribution is 0.0740. The van der Waals surface area contributed by atoms with Crippen LogP contribution in [-0.2, 0) is 10.0 Å². The van der Waals surface area contributed by atoms with Gasteiger partial charge in [0.1, 0.15) is 4.90 Å². The van der Waals surface area contributed by atoms with Crippen LogP contribution in [0.3, 0.4) is 0 Å². The molecular weight excluding hydrogens is 323 g/mol. The van der Waals surface area contributed by atoms with Gasteiger partial charge in [-0.3, -0.25) is 4.79 Å². The third-order valence-corrected chi connectivity index (χ3v) is 4.82. The minimum atomic E-state index is -4.02. The van der Waals surface area contributed by atoms with E-state index in [4.69, 9.17) is 28.3 Å². The smallest absolute Gasteiger partial charge is 0.255 e. The molecule has 1 aromatic carbocycles. The van der Waals surface area contributed by atoms with Crippen molar-refractivity contribution < 1.29 is 13.2 Å². The molecule has 112 valence electrons.